The zero-order valence-electron chi connectivity index (χ0n) is 10.9. The Balaban J connectivity index is 2.02. The number of hydrogen-bond acceptors (Lipinski definition) is 4. The van der Waals surface area contributed by atoms with Gasteiger partial charge in [0.15, 0.2) is 5.13 Å². The van der Waals surface area contributed by atoms with Crippen LogP contribution in [0.25, 0.3) is 0 Å². The number of carboxylic acid groups (broad SMARTS) is 1. The second-order valence-corrected chi connectivity index (χ2v) is 6.19. The van der Waals surface area contributed by atoms with Gasteiger partial charge in [-0.15, -0.1) is 11.3 Å². The van der Waals surface area contributed by atoms with E-state index in [1.165, 1.54) is 37.0 Å². The van der Waals surface area contributed by atoms with E-state index in [1.54, 1.807) is 0 Å². The topological polar surface area (TPSA) is 62.2 Å². The number of carboxylic acids is 1. The van der Waals surface area contributed by atoms with Crippen LogP contribution in [0, 0.1) is 12.8 Å². The molecule has 1 aromatic rings. The van der Waals surface area contributed by atoms with Crippen LogP contribution in [0.2, 0.25) is 0 Å². The smallest absolute Gasteiger partial charge is 0.308 e. The average molecular weight is 268 g/mol. The summed E-state index contributed by atoms with van der Waals surface area (Å²) in [6.07, 6.45) is 5.12. The van der Waals surface area contributed by atoms with Crippen LogP contribution in [0.4, 0.5) is 5.13 Å². The van der Waals surface area contributed by atoms with Gasteiger partial charge in [-0.1, -0.05) is 19.8 Å². The quantitative estimate of drug-likeness (QED) is 0.881. The zero-order chi connectivity index (χ0) is 13.1. The minimum absolute atomic E-state index is 0.0748. The van der Waals surface area contributed by atoms with E-state index < -0.39 is 5.97 Å². The number of aliphatic carboxylic acids is 1. The molecule has 2 unspecified atom stereocenters. The fourth-order valence-electron chi connectivity index (χ4n) is 2.48. The van der Waals surface area contributed by atoms with Gasteiger partial charge in [0.2, 0.25) is 0 Å². The van der Waals surface area contributed by atoms with Crippen molar-refractivity contribution in [2.75, 3.05) is 5.32 Å². The van der Waals surface area contributed by atoms with Crippen molar-refractivity contribution >= 4 is 22.4 Å². The van der Waals surface area contributed by atoms with E-state index in [9.17, 15) is 4.79 Å². The molecule has 0 spiro atoms. The highest BCUT2D eigenvalue weighted by atomic mass is 32.1. The fraction of sp³-hybridized carbons (Fsp3) is 0.692. The lowest BCUT2D eigenvalue weighted by molar-refractivity contribution is -0.136. The normalized spacial score (nSPS) is 23.9. The Morgan fingerprint density at radius 2 is 2.22 bits per heavy atom. The van der Waals surface area contributed by atoms with Crippen LogP contribution in [-0.4, -0.2) is 22.1 Å². The highest BCUT2D eigenvalue weighted by Gasteiger charge is 2.22. The molecule has 1 heterocycles. The number of nitrogens with one attached hydrogen (secondary N) is 1. The van der Waals surface area contributed by atoms with Crippen LogP contribution in [0.3, 0.4) is 0 Å². The van der Waals surface area contributed by atoms with Crippen molar-refractivity contribution in [3.63, 3.8) is 0 Å². The van der Waals surface area contributed by atoms with Gasteiger partial charge in [0.25, 0.3) is 0 Å². The number of anilines is 1. The highest BCUT2D eigenvalue weighted by Crippen LogP contribution is 2.29. The average Bonchev–Trinajstić information content (AvgIpc) is 2.62. The minimum Gasteiger partial charge on any atom is -0.481 e. The third-order valence-corrected chi connectivity index (χ3v) is 4.71. The number of aromatic nitrogens is 1. The molecule has 0 amide bonds. The number of hydrogen-bond donors (Lipinski definition) is 2. The minimum atomic E-state index is -0.792. The number of nitrogens with zero attached hydrogens (tertiary/aromatic N) is 1. The Hall–Kier alpha value is -1.10. The van der Waals surface area contributed by atoms with Crippen LogP contribution in [0.1, 0.15) is 43.2 Å². The van der Waals surface area contributed by atoms with Crippen molar-refractivity contribution < 1.29 is 9.90 Å². The summed E-state index contributed by atoms with van der Waals surface area (Å²) in [5, 5.41) is 13.2. The molecule has 2 atom stereocenters. The fourth-order valence-corrected chi connectivity index (χ4v) is 3.50. The molecule has 1 saturated carbocycles. The molecular weight excluding hydrogens is 248 g/mol. The van der Waals surface area contributed by atoms with Gasteiger partial charge in [-0.3, -0.25) is 4.79 Å². The molecule has 1 aromatic heterocycles. The van der Waals surface area contributed by atoms with Crippen LogP contribution in [0.15, 0.2) is 0 Å². The summed E-state index contributed by atoms with van der Waals surface area (Å²) >= 11 is 1.48. The second-order valence-electron chi connectivity index (χ2n) is 5.11. The van der Waals surface area contributed by atoms with Crippen LogP contribution >= 0.6 is 11.3 Å². The maximum atomic E-state index is 10.7. The van der Waals surface area contributed by atoms with E-state index in [2.05, 4.69) is 17.2 Å². The predicted octanol–water partition coefficient (Wildman–Crippen LogP) is 3.07. The zero-order valence-corrected chi connectivity index (χ0v) is 11.7. The van der Waals surface area contributed by atoms with Crippen LogP contribution in [0.5, 0.6) is 0 Å². The Morgan fingerprint density at radius 3 is 2.89 bits per heavy atom. The molecule has 2 N–H and O–H groups in total. The molecule has 0 aromatic carbocycles. The van der Waals surface area contributed by atoms with Gasteiger partial charge in [-0.05, 0) is 25.7 Å². The second kappa shape index (κ2) is 5.69. The van der Waals surface area contributed by atoms with E-state index in [-0.39, 0.29) is 6.42 Å². The summed E-state index contributed by atoms with van der Waals surface area (Å²) in [6, 6.07) is 0.488. The van der Waals surface area contributed by atoms with E-state index in [1.807, 2.05) is 6.92 Å². The van der Waals surface area contributed by atoms with Crippen molar-refractivity contribution in [1.82, 2.24) is 4.98 Å². The molecule has 0 saturated heterocycles. The lowest BCUT2D eigenvalue weighted by Gasteiger charge is -2.29. The summed E-state index contributed by atoms with van der Waals surface area (Å²) in [5.41, 5.74) is 0.841. The van der Waals surface area contributed by atoms with Crippen LogP contribution in [-0.2, 0) is 11.2 Å². The monoisotopic (exact) mass is 268 g/mol. The number of carbonyl (C=O) groups is 1. The standard InChI is InChI=1S/C13H20N2O2S/c1-8-5-3-4-6-10(8)15-13-14-9(2)11(18-13)7-12(16)17/h8,10H,3-7H2,1-2H3,(H,14,15)(H,16,17). The highest BCUT2D eigenvalue weighted by molar-refractivity contribution is 7.15. The molecule has 1 fully saturated rings. The molecule has 18 heavy (non-hydrogen) atoms. The number of rotatable bonds is 4. The van der Waals surface area contributed by atoms with Crippen molar-refractivity contribution in [2.24, 2.45) is 5.92 Å². The molecule has 1 aliphatic carbocycles. The molecule has 100 valence electrons. The van der Waals surface area contributed by atoms with E-state index >= 15 is 0 Å². The van der Waals surface area contributed by atoms with Gasteiger partial charge in [0.1, 0.15) is 0 Å². The molecule has 0 aliphatic heterocycles. The SMILES string of the molecule is Cc1nc(NC2CCCCC2C)sc1CC(=O)O. The maximum absolute atomic E-state index is 10.7. The van der Waals surface area contributed by atoms with Gasteiger partial charge in [0.05, 0.1) is 12.1 Å². The Bertz CT molecular complexity index is 431. The van der Waals surface area contributed by atoms with Gasteiger partial charge in [-0.2, -0.15) is 0 Å². The van der Waals surface area contributed by atoms with E-state index in [0.29, 0.717) is 12.0 Å². The first-order chi connectivity index (χ1) is 8.56. The third-order valence-electron chi connectivity index (χ3n) is 3.62. The van der Waals surface area contributed by atoms with Crippen molar-refractivity contribution in [3.05, 3.63) is 10.6 Å². The van der Waals surface area contributed by atoms with Crippen LogP contribution < -0.4 is 5.32 Å². The van der Waals surface area contributed by atoms with E-state index in [4.69, 9.17) is 5.11 Å². The predicted molar refractivity (Wildman–Crippen MR) is 73.2 cm³/mol. The van der Waals surface area contributed by atoms with Gasteiger partial charge >= 0.3 is 5.97 Å². The van der Waals surface area contributed by atoms with E-state index in [0.717, 1.165) is 15.7 Å². The molecule has 2 rings (SSSR count). The number of aryl methyl sites for hydroxylation is 1. The Morgan fingerprint density at radius 1 is 1.50 bits per heavy atom. The first-order valence-electron chi connectivity index (χ1n) is 6.51. The van der Waals surface area contributed by atoms with Gasteiger partial charge in [-0.25, -0.2) is 4.98 Å². The van der Waals surface area contributed by atoms with Crippen molar-refractivity contribution in [3.8, 4) is 0 Å². The first-order valence-corrected chi connectivity index (χ1v) is 7.32. The summed E-state index contributed by atoms with van der Waals surface area (Å²) in [7, 11) is 0. The molecule has 5 heteroatoms. The molecule has 1 aliphatic rings. The summed E-state index contributed by atoms with van der Waals surface area (Å²) < 4.78 is 0. The largest absolute Gasteiger partial charge is 0.481 e. The summed E-state index contributed by atoms with van der Waals surface area (Å²) in [5.74, 6) is -0.120. The molecular formula is C13H20N2O2S. The van der Waals surface area contributed by atoms with Crippen molar-refractivity contribution in [1.29, 1.82) is 0 Å². The summed E-state index contributed by atoms with van der Waals surface area (Å²) in [4.78, 5) is 16.0. The summed E-state index contributed by atoms with van der Waals surface area (Å²) in [6.45, 7) is 4.15. The lowest BCUT2D eigenvalue weighted by Crippen LogP contribution is -2.30. The van der Waals surface area contributed by atoms with Gasteiger partial charge < -0.3 is 10.4 Å². The maximum Gasteiger partial charge on any atom is 0.308 e. The number of thiazole rings is 1. The molecule has 4 nitrogen and oxygen atoms in total. The van der Waals surface area contributed by atoms with Gasteiger partial charge in [0, 0.05) is 10.9 Å². The molecule has 0 radical (unpaired) electrons. The first kappa shape index (κ1) is 13.3. The third kappa shape index (κ3) is 3.22. The van der Waals surface area contributed by atoms with Crippen molar-refractivity contribution in [2.45, 2.75) is 52.0 Å². The Kier molecular flexibility index (Phi) is 4.22. The Labute approximate surface area is 111 Å². The molecule has 0 bridgehead atoms. The lowest BCUT2D eigenvalue weighted by atomic mass is 9.86.